The van der Waals surface area contributed by atoms with Crippen molar-refractivity contribution in [3.05, 3.63) is 20.8 Å². The quantitative estimate of drug-likeness (QED) is 0.620. The van der Waals surface area contributed by atoms with Crippen LogP contribution in [0.3, 0.4) is 0 Å². The number of thioether (sulfide) groups is 1. The van der Waals surface area contributed by atoms with Gasteiger partial charge in [-0.15, -0.1) is 23.1 Å². The second-order valence-corrected chi connectivity index (χ2v) is 8.12. The monoisotopic (exact) mass is 296 g/mol. The minimum Gasteiger partial charge on any atom is -0.294 e. The van der Waals surface area contributed by atoms with Crippen LogP contribution < -0.4 is 16.8 Å². The van der Waals surface area contributed by atoms with Crippen LogP contribution in [0, 0.1) is 0 Å². The molecule has 0 radical (unpaired) electrons. The number of nitrogens with one attached hydrogen (secondary N) is 1. The molecule has 3 N–H and O–H groups in total. The van der Waals surface area contributed by atoms with E-state index in [4.69, 9.17) is 5.84 Å². The van der Waals surface area contributed by atoms with Crippen LogP contribution in [-0.2, 0) is 19.2 Å². The van der Waals surface area contributed by atoms with Gasteiger partial charge in [-0.25, -0.2) is 10.8 Å². The van der Waals surface area contributed by atoms with Crippen molar-refractivity contribution in [2.24, 2.45) is 12.9 Å². The number of hydrazine groups is 1. The Bertz CT molecular complexity index is 717. The highest BCUT2D eigenvalue weighted by Gasteiger charge is 2.30. The normalized spacial score (nSPS) is 17.5. The molecule has 102 valence electrons. The smallest absolute Gasteiger partial charge is 0.263 e. The van der Waals surface area contributed by atoms with Gasteiger partial charge in [-0.2, -0.15) is 0 Å². The molecule has 3 rings (SSSR count). The molecule has 0 fully saturated rings. The van der Waals surface area contributed by atoms with Crippen molar-refractivity contribution in [3.8, 4) is 0 Å². The Labute approximate surface area is 119 Å². The molecule has 3 heterocycles. The van der Waals surface area contributed by atoms with Gasteiger partial charge in [0.2, 0.25) is 5.95 Å². The summed E-state index contributed by atoms with van der Waals surface area (Å²) in [7, 11) is 1.69. The number of nitrogens with two attached hydrogens (primary N) is 1. The highest BCUT2D eigenvalue weighted by molar-refractivity contribution is 8.00. The van der Waals surface area contributed by atoms with Gasteiger partial charge in [0, 0.05) is 22.4 Å². The topological polar surface area (TPSA) is 72.9 Å². The van der Waals surface area contributed by atoms with Gasteiger partial charge in [-0.3, -0.25) is 14.8 Å². The van der Waals surface area contributed by atoms with E-state index in [1.165, 1.54) is 15.0 Å². The molecular weight excluding hydrogens is 280 g/mol. The van der Waals surface area contributed by atoms with Gasteiger partial charge in [0.25, 0.3) is 5.56 Å². The molecule has 19 heavy (non-hydrogen) atoms. The average molecular weight is 296 g/mol. The van der Waals surface area contributed by atoms with Gasteiger partial charge < -0.3 is 0 Å². The van der Waals surface area contributed by atoms with Crippen molar-refractivity contribution in [1.82, 2.24) is 9.55 Å². The molecule has 0 aliphatic carbocycles. The summed E-state index contributed by atoms with van der Waals surface area (Å²) >= 11 is 3.54. The first-order chi connectivity index (χ1) is 8.93. The van der Waals surface area contributed by atoms with Gasteiger partial charge in [0.05, 0.1) is 5.39 Å². The molecule has 0 spiro atoms. The lowest BCUT2D eigenvalue weighted by Gasteiger charge is -2.28. The van der Waals surface area contributed by atoms with Crippen LogP contribution in [-0.4, -0.2) is 14.3 Å². The Hall–Kier alpha value is -1.05. The zero-order valence-electron chi connectivity index (χ0n) is 11.1. The van der Waals surface area contributed by atoms with E-state index in [1.54, 1.807) is 18.4 Å². The van der Waals surface area contributed by atoms with E-state index in [0.717, 1.165) is 22.4 Å². The molecule has 0 amide bonds. The molecule has 1 aliphatic rings. The summed E-state index contributed by atoms with van der Waals surface area (Å²) in [5.41, 5.74) is 3.64. The van der Waals surface area contributed by atoms with Gasteiger partial charge in [-0.1, -0.05) is 13.8 Å². The Kier molecular flexibility index (Phi) is 2.88. The Balaban J connectivity index is 2.32. The van der Waals surface area contributed by atoms with E-state index in [2.05, 4.69) is 24.3 Å². The minimum atomic E-state index is -0.0156. The van der Waals surface area contributed by atoms with E-state index < -0.39 is 0 Å². The first-order valence-corrected chi connectivity index (χ1v) is 7.85. The molecule has 0 aromatic carbocycles. The van der Waals surface area contributed by atoms with E-state index >= 15 is 0 Å². The molecule has 7 heteroatoms. The number of rotatable bonds is 1. The standard InChI is InChI=1S/C12H16N4OS2/c1-12(2)4-6-7(5-18-12)19-9-8(6)10(17)16(3)11(14-9)15-13/h4-5,13H2,1-3H3,(H,14,15). The highest BCUT2D eigenvalue weighted by Crippen LogP contribution is 2.43. The second-order valence-electron chi connectivity index (χ2n) is 5.35. The molecular formula is C12H16N4OS2. The molecule has 0 atom stereocenters. The lowest BCUT2D eigenvalue weighted by molar-refractivity contribution is 0.698. The lowest BCUT2D eigenvalue weighted by atomic mass is 10.00. The molecule has 2 aromatic rings. The van der Waals surface area contributed by atoms with Crippen molar-refractivity contribution in [1.29, 1.82) is 0 Å². The number of anilines is 1. The Morgan fingerprint density at radius 3 is 2.89 bits per heavy atom. The van der Waals surface area contributed by atoms with Crippen molar-refractivity contribution in [2.75, 3.05) is 5.43 Å². The predicted molar refractivity (Wildman–Crippen MR) is 81.7 cm³/mol. The maximum absolute atomic E-state index is 12.5. The maximum Gasteiger partial charge on any atom is 0.263 e. The zero-order valence-corrected chi connectivity index (χ0v) is 12.7. The number of fused-ring (bicyclic) bond motifs is 3. The van der Waals surface area contributed by atoms with Crippen LogP contribution in [0.15, 0.2) is 4.79 Å². The molecule has 0 saturated carbocycles. The summed E-state index contributed by atoms with van der Waals surface area (Å²) < 4.78 is 1.65. The van der Waals surface area contributed by atoms with Crippen LogP contribution in [0.25, 0.3) is 10.2 Å². The maximum atomic E-state index is 12.5. The fourth-order valence-corrected chi connectivity index (χ4v) is 4.73. The van der Waals surface area contributed by atoms with Crippen molar-refractivity contribution in [2.45, 2.75) is 30.8 Å². The molecule has 0 saturated heterocycles. The zero-order chi connectivity index (χ0) is 13.8. The predicted octanol–water partition coefficient (Wildman–Crippen LogP) is 1.85. The van der Waals surface area contributed by atoms with E-state index in [0.29, 0.717) is 5.95 Å². The fourth-order valence-electron chi connectivity index (χ4n) is 2.40. The van der Waals surface area contributed by atoms with Crippen molar-refractivity contribution < 1.29 is 0 Å². The lowest BCUT2D eigenvalue weighted by Crippen LogP contribution is -2.27. The van der Waals surface area contributed by atoms with Crippen LogP contribution in [0.2, 0.25) is 0 Å². The van der Waals surface area contributed by atoms with Crippen LogP contribution in [0.5, 0.6) is 0 Å². The molecule has 1 aliphatic heterocycles. The third-order valence-corrected chi connectivity index (χ3v) is 6.11. The number of nitrogens with zero attached hydrogens (tertiary/aromatic N) is 2. The number of thiophene rings is 1. The van der Waals surface area contributed by atoms with Crippen molar-refractivity contribution in [3.63, 3.8) is 0 Å². The summed E-state index contributed by atoms with van der Waals surface area (Å²) in [4.78, 5) is 19.0. The number of nitrogen functional groups attached to an aromatic ring is 1. The third kappa shape index (κ3) is 1.96. The summed E-state index contributed by atoms with van der Waals surface area (Å²) in [6.07, 6.45) is 0.916. The molecule has 0 bridgehead atoms. The van der Waals surface area contributed by atoms with Gasteiger partial charge in [-0.05, 0) is 12.0 Å². The average Bonchev–Trinajstić information content (AvgIpc) is 2.70. The first-order valence-electron chi connectivity index (χ1n) is 6.05. The summed E-state index contributed by atoms with van der Waals surface area (Å²) in [5, 5.41) is 0.773. The van der Waals surface area contributed by atoms with E-state index in [9.17, 15) is 4.79 Å². The largest absolute Gasteiger partial charge is 0.294 e. The third-order valence-electron chi connectivity index (χ3n) is 3.44. The number of hydrogen-bond acceptors (Lipinski definition) is 6. The Morgan fingerprint density at radius 1 is 1.47 bits per heavy atom. The van der Waals surface area contributed by atoms with E-state index in [1.807, 2.05) is 11.8 Å². The van der Waals surface area contributed by atoms with Crippen molar-refractivity contribution >= 4 is 39.3 Å². The second kappa shape index (κ2) is 4.22. The first kappa shape index (κ1) is 13.0. The van der Waals surface area contributed by atoms with E-state index in [-0.39, 0.29) is 10.3 Å². The SMILES string of the molecule is Cn1c(NN)nc2sc3c(c2c1=O)CC(C)(C)SC3. The summed E-state index contributed by atoms with van der Waals surface area (Å²) in [6.45, 7) is 4.44. The summed E-state index contributed by atoms with van der Waals surface area (Å²) in [6, 6.07) is 0. The van der Waals surface area contributed by atoms with Gasteiger partial charge in [0.1, 0.15) is 4.83 Å². The minimum absolute atomic E-state index is 0.0156. The van der Waals surface area contributed by atoms with Gasteiger partial charge >= 0.3 is 0 Å². The highest BCUT2D eigenvalue weighted by atomic mass is 32.2. The number of hydrogen-bond donors (Lipinski definition) is 2. The van der Waals surface area contributed by atoms with Crippen LogP contribution in [0.1, 0.15) is 24.3 Å². The molecule has 2 aromatic heterocycles. The number of aromatic nitrogens is 2. The van der Waals surface area contributed by atoms with Crippen LogP contribution >= 0.6 is 23.1 Å². The fraction of sp³-hybridized carbons (Fsp3) is 0.500. The molecule has 0 unspecified atom stereocenters. The van der Waals surface area contributed by atoms with Gasteiger partial charge in [0.15, 0.2) is 0 Å². The van der Waals surface area contributed by atoms with Crippen LogP contribution in [0.4, 0.5) is 5.95 Å². The summed E-state index contributed by atoms with van der Waals surface area (Å²) in [5.74, 6) is 6.77. The Morgan fingerprint density at radius 2 is 2.21 bits per heavy atom. The molecule has 5 nitrogen and oxygen atoms in total.